The van der Waals surface area contributed by atoms with Crippen LogP contribution < -0.4 is 16.0 Å². The molecule has 4 aromatic rings. The van der Waals surface area contributed by atoms with Crippen molar-refractivity contribution in [2.24, 2.45) is 0 Å². The predicted octanol–water partition coefficient (Wildman–Crippen LogP) is 3.73. The number of hydrogen-bond donors (Lipinski definition) is 4. The van der Waals surface area contributed by atoms with Crippen molar-refractivity contribution in [3.63, 3.8) is 0 Å². The summed E-state index contributed by atoms with van der Waals surface area (Å²) < 4.78 is 0. The first kappa shape index (κ1) is 32.6. The summed E-state index contributed by atoms with van der Waals surface area (Å²) in [5, 5.41) is 35.2. The van der Waals surface area contributed by atoms with Crippen molar-refractivity contribution in [3.8, 4) is 6.07 Å². The fourth-order valence-corrected chi connectivity index (χ4v) is 7.28. The maximum absolute atomic E-state index is 13.5. The third-order valence-corrected chi connectivity index (χ3v) is 9.87. The molecule has 6 rings (SSSR count). The van der Waals surface area contributed by atoms with Crippen LogP contribution in [0.2, 0.25) is 0 Å². The second-order valence-electron chi connectivity index (χ2n) is 12.6. The van der Waals surface area contributed by atoms with Crippen LogP contribution in [0.3, 0.4) is 0 Å². The van der Waals surface area contributed by atoms with Crippen molar-refractivity contribution in [1.82, 2.24) is 41.5 Å². The van der Waals surface area contributed by atoms with Crippen molar-refractivity contribution in [3.05, 3.63) is 118 Å². The molecule has 2 aliphatic rings. The highest BCUT2D eigenvalue weighted by Gasteiger charge is 2.46. The number of hydrogen-bond acceptors (Lipinski definition) is 8. The molecule has 2 unspecified atom stereocenters. The van der Waals surface area contributed by atoms with Crippen molar-refractivity contribution >= 4 is 17.5 Å². The van der Waals surface area contributed by atoms with E-state index in [-0.39, 0.29) is 24.4 Å². The lowest BCUT2D eigenvalue weighted by Gasteiger charge is -2.37. The molecule has 2 heterocycles. The zero-order valence-corrected chi connectivity index (χ0v) is 27.6. The molecule has 2 amide bonds. The Labute approximate surface area is 280 Å². The number of nitrogens with one attached hydrogen (secondary N) is 4. The largest absolute Gasteiger partial charge is 0.388 e. The van der Waals surface area contributed by atoms with Crippen LogP contribution in [-0.2, 0) is 23.1 Å². The summed E-state index contributed by atoms with van der Waals surface area (Å²) in [7, 11) is 3.48. The quantitative estimate of drug-likeness (QED) is 0.204. The normalized spacial score (nSPS) is 19.0. The number of nitriles is 1. The topological polar surface area (TPSA) is 152 Å². The van der Waals surface area contributed by atoms with Gasteiger partial charge in [-0.25, -0.2) is 0 Å². The SMILES string of the molecule is C=C(NC)c1ccc2c(c1)CCc1cc(C(=O)NC)ccc1C2(C[C@H](NCC(=O)N1CCCC1C#N)c1ccc(C)cc1)c1nn[nH]n1. The van der Waals surface area contributed by atoms with Crippen LogP contribution in [-0.4, -0.2) is 70.6 Å². The molecule has 0 spiro atoms. The Hall–Kier alpha value is -5.34. The van der Waals surface area contributed by atoms with E-state index < -0.39 is 11.5 Å². The number of amides is 2. The van der Waals surface area contributed by atoms with Gasteiger partial charge in [-0.3, -0.25) is 9.59 Å². The van der Waals surface area contributed by atoms with Crippen LogP contribution >= 0.6 is 0 Å². The number of benzene rings is 3. The Bertz CT molecular complexity index is 1790. The number of H-pyrrole nitrogens is 1. The molecule has 48 heavy (non-hydrogen) atoms. The second-order valence-corrected chi connectivity index (χ2v) is 12.6. The number of likely N-dealkylation sites (tertiary alicyclic amines) is 1. The van der Waals surface area contributed by atoms with E-state index in [1.54, 1.807) is 11.9 Å². The molecular weight excluding hydrogens is 602 g/mol. The van der Waals surface area contributed by atoms with Gasteiger partial charge in [-0.15, -0.1) is 10.2 Å². The van der Waals surface area contributed by atoms with E-state index in [2.05, 4.69) is 91.7 Å². The summed E-state index contributed by atoms with van der Waals surface area (Å²) in [5.74, 6) is 0.235. The number of nitrogens with zero attached hydrogens (tertiary/aromatic N) is 5. The summed E-state index contributed by atoms with van der Waals surface area (Å²) >= 11 is 0. The first-order valence-electron chi connectivity index (χ1n) is 16.4. The minimum absolute atomic E-state index is 0.0648. The summed E-state index contributed by atoms with van der Waals surface area (Å²) in [6.07, 6.45) is 3.36. The standard InChI is InChI=1S/C37H41N9O2/c1-23-7-9-25(10-8-23)33(41-22-34(47)46-17-5-6-30(46)21-38)20-37(36-42-44-45-43-36)31-15-13-26(24(2)39-3)18-27(31)11-12-28-19-29(35(48)40-4)14-16-32(28)37/h7-10,13-16,18-19,30,33,39,41H,2,5-6,11-12,17,20,22H2,1,3-4H3,(H,40,48)(H,42,43,44,45)/t30?,33-,37?/m0/s1. The minimum Gasteiger partial charge on any atom is -0.388 e. The number of tetrazole rings is 1. The number of aryl methyl sites for hydroxylation is 3. The Kier molecular flexibility index (Phi) is 9.37. The highest BCUT2D eigenvalue weighted by Crippen LogP contribution is 2.49. The molecule has 1 fully saturated rings. The molecule has 11 heteroatoms. The minimum atomic E-state index is -0.927. The maximum atomic E-state index is 13.5. The molecule has 1 aromatic heterocycles. The highest BCUT2D eigenvalue weighted by molar-refractivity contribution is 5.94. The molecule has 0 radical (unpaired) electrons. The fraction of sp³-hybridized carbons (Fsp3) is 0.351. The Morgan fingerprint density at radius 3 is 2.35 bits per heavy atom. The van der Waals surface area contributed by atoms with Crippen LogP contribution in [0.1, 0.15) is 80.4 Å². The van der Waals surface area contributed by atoms with Gasteiger partial charge in [0.25, 0.3) is 5.91 Å². The van der Waals surface area contributed by atoms with Gasteiger partial charge in [-0.1, -0.05) is 59.8 Å². The molecule has 0 bridgehead atoms. The van der Waals surface area contributed by atoms with Gasteiger partial charge < -0.3 is 20.9 Å². The first-order valence-corrected chi connectivity index (χ1v) is 16.4. The molecule has 1 saturated heterocycles. The van der Waals surface area contributed by atoms with E-state index in [0.29, 0.717) is 37.2 Å². The summed E-state index contributed by atoms with van der Waals surface area (Å²) in [4.78, 5) is 28.0. The molecule has 3 aromatic carbocycles. The smallest absolute Gasteiger partial charge is 0.251 e. The Morgan fingerprint density at radius 2 is 1.73 bits per heavy atom. The van der Waals surface area contributed by atoms with Gasteiger partial charge in [-0.05, 0) is 90.6 Å². The number of aromatic amines is 1. The Balaban J connectivity index is 1.53. The molecular formula is C37H41N9O2. The predicted molar refractivity (Wildman–Crippen MR) is 183 cm³/mol. The fourth-order valence-electron chi connectivity index (χ4n) is 7.28. The average Bonchev–Trinajstić information content (AvgIpc) is 3.82. The molecule has 3 atom stereocenters. The van der Waals surface area contributed by atoms with Gasteiger partial charge in [0.15, 0.2) is 5.82 Å². The van der Waals surface area contributed by atoms with Crippen LogP contribution in [0.25, 0.3) is 5.70 Å². The van der Waals surface area contributed by atoms with Crippen LogP contribution in [0, 0.1) is 18.3 Å². The number of carbonyl (C=O) groups excluding carboxylic acids is 2. The average molecular weight is 644 g/mol. The van der Waals surface area contributed by atoms with E-state index in [9.17, 15) is 14.9 Å². The lowest BCUT2D eigenvalue weighted by atomic mass is 9.67. The number of carbonyl (C=O) groups is 2. The van der Waals surface area contributed by atoms with E-state index in [1.807, 2.05) is 32.2 Å². The third-order valence-electron chi connectivity index (χ3n) is 9.87. The van der Waals surface area contributed by atoms with Crippen LogP contribution in [0.15, 0.2) is 67.2 Å². The van der Waals surface area contributed by atoms with E-state index >= 15 is 0 Å². The molecule has 1 aliphatic heterocycles. The molecule has 4 N–H and O–H groups in total. The zero-order chi connectivity index (χ0) is 33.8. The molecule has 246 valence electrons. The van der Waals surface area contributed by atoms with Crippen molar-refractivity contribution in [2.75, 3.05) is 27.2 Å². The number of fused-ring (bicyclic) bond motifs is 2. The van der Waals surface area contributed by atoms with E-state index in [4.69, 9.17) is 0 Å². The van der Waals surface area contributed by atoms with Gasteiger partial charge in [0.2, 0.25) is 5.91 Å². The highest BCUT2D eigenvalue weighted by atomic mass is 16.2. The van der Waals surface area contributed by atoms with Gasteiger partial charge in [0, 0.05) is 37.9 Å². The van der Waals surface area contributed by atoms with Gasteiger partial charge in [0.1, 0.15) is 6.04 Å². The second kappa shape index (κ2) is 13.8. The number of aromatic nitrogens is 4. The zero-order valence-electron chi connectivity index (χ0n) is 27.6. The lowest BCUT2D eigenvalue weighted by Crippen LogP contribution is -2.43. The van der Waals surface area contributed by atoms with Gasteiger partial charge in [-0.2, -0.15) is 10.5 Å². The van der Waals surface area contributed by atoms with E-state index in [1.165, 1.54) is 0 Å². The molecule has 1 aliphatic carbocycles. The van der Waals surface area contributed by atoms with Crippen LogP contribution in [0.4, 0.5) is 0 Å². The summed E-state index contributed by atoms with van der Waals surface area (Å²) in [6, 6.07) is 22.1. The lowest BCUT2D eigenvalue weighted by molar-refractivity contribution is -0.130. The van der Waals surface area contributed by atoms with Crippen molar-refractivity contribution in [2.45, 2.75) is 56.5 Å². The van der Waals surface area contributed by atoms with Crippen molar-refractivity contribution < 1.29 is 9.59 Å². The molecule has 11 nitrogen and oxygen atoms in total. The monoisotopic (exact) mass is 643 g/mol. The van der Waals surface area contributed by atoms with E-state index in [0.717, 1.165) is 57.5 Å². The van der Waals surface area contributed by atoms with Crippen LogP contribution in [0.5, 0.6) is 0 Å². The molecule has 0 saturated carbocycles. The maximum Gasteiger partial charge on any atom is 0.251 e. The summed E-state index contributed by atoms with van der Waals surface area (Å²) in [5.41, 5.74) is 7.69. The number of rotatable bonds is 10. The van der Waals surface area contributed by atoms with Crippen molar-refractivity contribution in [1.29, 1.82) is 5.26 Å². The van der Waals surface area contributed by atoms with Gasteiger partial charge in [0.05, 0.1) is 18.0 Å². The Morgan fingerprint density at radius 1 is 1.04 bits per heavy atom. The first-order chi connectivity index (χ1) is 23.3. The third kappa shape index (κ3) is 6.07. The summed E-state index contributed by atoms with van der Waals surface area (Å²) in [6.45, 7) is 6.89. The van der Waals surface area contributed by atoms with Gasteiger partial charge >= 0.3 is 0 Å².